The number of piperidine rings is 1. The van der Waals surface area contributed by atoms with E-state index in [9.17, 15) is 0 Å². The van der Waals surface area contributed by atoms with Crippen LogP contribution < -0.4 is 9.47 Å². The van der Waals surface area contributed by atoms with Gasteiger partial charge in [0, 0.05) is 29.1 Å². The highest BCUT2D eigenvalue weighted by molar-refractivity contribution is 9.10. The normalized spacial score (nSPS) is 17.1. The Balaban J connectivity index is 1.95. The first kappa shape index (κ1) is 14.6. The average Bonchev–Trinajstić information content (AvgIpc) is 2.50. The number of hydrogen-bond acceptors (Lipinski definition) is 4. The fourth-order valence-electron chi connectivity index (χ4n) is 2.73. The lowest BCUT2D eigenvalue weighted by Crippen LogP contribution is -2.35. The van der Waals surface area contributed by atoms with Crippen molar-refractivity contribution in [2.75, 3.05) is 27.2 Å². The Morgan fingerprint density at radius 2 is 2.00 bits per heavy atom. The quantitative estimate of drug-likeness (QED) is 0.848. The van der Waals surface area contributed by atoms with Crippen molar-refractivity contribution in [3.63, 3.8) is 0 Å². The predicted octanol–water partition coefficient (Wildman–Crippen LogP) is 3.48. The molecule has 2 heterocycles. The molecule has 1 aliphatic heterocycles. The van der Waals surface area contributed by atoms with Crippen LogP contribution in [0.4, 0.5) is 0 Å². The summed E-state index contributed by atoms with van der Waals surface area (Å²) >= 11 is 3.60. The molecule has 0 atom stereocenters. The lowest BCUT2D eigenvalue weighted by Gasteiger charge is -2.29. The van der Waals surface area contributed by atoms with Gasteiger partial charge in [0.2, 0.25) is 5.88 Å². The zero-order valence-corrected chi connectivity index (χ0v) is 13.9. The lowest BCUT2D eigenvalue weighted by molar-refractivity contribution is 0.111. The first-order valence-electron chi connectivity index (χ1n) is 7.15. The van der Waals surface area contributed by atoms with Crippen molar-refractivity contribution in [1.82, 2.24) is 9.88 Å². The Labute approximate surface area is 133 Å². The molecule has 0 bridgehead atoms. The van der Waals surface area contributed by atoms with Crippen molar-refractivity contribution < 1.29 is 9.47 Å². The van der Waals surface area contributed by atoms with Crippen molar-refractivity contribution in [2.45, 2.75) is 18.9 Å². The predicted molar refractivity (Wildman–Crippen MR) is 87.1 cm³/mol. The minimum atomic E-state index is 0.234. The molecule has 3 rings (SSSR count). The number of rotatable bonds is 3. The van der Waals surface area contributed by atoms with Gasteiger partial charge in [-0.1, -0.05) is 0 Å². The third-order valence-corrected chi connectivity index (χ3v) is 4.63. The minimum Gasteiger partial charge on any atom is -0.496 e. The second-order valence-corrected chi connectivity index (χ2v) is 6.26. The summed E-state index contributed by atoms with van der Waals surface area (Å²) in [6.45, 7) is 2.14. The van der Waals surface area contributed by atoms with Crippen LogP contribution in [0.2, 0.25) is 0 Å². The average molecular weight is 351 g/mol. The van der Waals surface area contributed by atoms with Gasteiger partial charge in [0.1, 0.15) is 11.9 Å². The van der Waals surface area contributed by atoms with E-state index in [4.69, 9.17) is 9.47 Å². The molecule has 0 radical (unpaired) electrons. The number of methoxy groups -OCH3 is 1. The van der Waals surface area contributed by atoms with Crippen LogP contribution in [0.1, 0.15) is 12.8 Å². The van der Waals surface area contributed by atoms with E-state index in [1.807, 2.05) is 18.2 Å². The summed E-state index contributed by atoms with van der Waals surface area (Å²) in [4.78, 5) is 6.76. The van der Waals surface area contributed by atoms with Crippen LogP contribution in [-0.2, 0) is 0 Å². The molecule has 0 spiro atoms. The highest BCUT2D eigenvalue weighted by Gasteiger charge is 2.20. The van der Waals surface area contributed by atoms with E-state index in [0.717, 1.165) is 46.9 Å². The monoisotopic (exact) mass is 350 g/mol. The van der Waals surface area contributed by atoms with Gasteiger partial charge in [0.25, 0.3) is 0 Å². The molecule has 112 valence electrons. The molecule has 5 heteroatoms. The first-order valence-corrected chi connectivity index (χ1v) is 7.94. The number of likely N-dealkylation sites (tertiary alicyclic amines) is 1. The van der Waals surface area contributed by atoms with Gasteiger partial charge in [-0.05, 0) is 54.0 Å². The van der Waals surface area contributed by atoms with Crippen molar-refractivity contribution in [3.8, 4) is 11.6 Å². The van der Waals surface area contributed by atoms with Crippen molar-refractivity contribution >= 4 is 26.7 Å². The number of halogens is 1. The highest BCUT2D eigenvalue weighted by atomic mass is 79.9. The van der Waals surface area contributed by atoms with Gasteiger partial charge >= 0.3 is 0 Å². The number of ether oxygens (including phenoxy) is 2. The fraction of sp³-hybridized carbons (Fsp3) is 0.438. The van der Waals surface area contributed by atoms with Crippen molar-refractivity contribution in [2.24, 2.45) is 0 Å². The molecule has 0 unspecified atom stereocenters. The molecule has 21 heavy (non-hydrogen) atoms. The fourth-order valence-corrected chi connectivity index (χ4v) is 3.24. The maximum Gasteiger partial charge on any atom is 0.222 e. The second-order valence-electron chi connectivity index (χ2n) is 5.41. The number of aromatic nitrogens is 1. The number of benzene rings is 1. The van der Waals surface area contributed by atoms with Gasteiger partial charge in [-0.3, -0.25) is 0 Å². The Morgan fingerprint density at radius 1 is 1.24 bits per heavy atom. The Bertz CT molecular complexity index is 639. The topological polar surface area (TPSA) is 34.6 Å². The van der Waals surface area contributed by atoms with E-state index in [1.165, 1.54) is 0 Å². The summed E-state index contributed by atoms with van der Waals surface area (Å²) in [6.07, 6.45) is 4.09. The van der Waals surface area contributed by atoms with Crippen LogP contribution in [0.25, 0.3) is 10.8 Å². The third-order valence-electron chi connectivity index (χ3n) is 3.97. The molecule has 1 saturated heterocycles. The van der Waals surface area contributed by atoms with Gasteiger partial charge in [-0.25, -0.2) is 4.98 Å². The van der Waals surface area contributed by atoms with E-state index in [2.05, 4.69) is 32.9 Å². The Morgan fingerprint density at radius 3 is 2.71 bits per heavy atom. The van der Waals surface area contributed by atoms with E-state index in [-0.39, 0.29) is 6.10 Å². The van der Waals surface area contributed by atoms with Crippen molar-refractivity contribution in [3.05, 3.63) is 28.9 Å². The van der Waals surface area contributed by atoms with Crippen LogP contribution >= 0.6 is 15.9 Å². The maximum absolute atomic E-state index is 6.17. The molecular weight excluding hydrogens is 332 g/mol. The summed E-state index contributed by atoms with van der Waals surface area (Å²) in [5, 5.41) is 2.00. The molecule has 0 N–H and O–H groups in total. The summed E-state index contributed by atoms with van der Waals surface area (Å²) < 4.78 is 12.6. The van der Waals surface area contributed by atoms with Crippen LogP contribution in [0.15, 0.2) is 28.9 Å². The molecule has 0 saturated carbocycles. The molecule has 1 aromatic heterocycles. The number of nitrogens with zero attached hydrogens (tertiary/aromatic N) is 2. The van der Waals surface area contributed by atoms with E-state index in [1.54, 1.807) is 13.3 Å². The van der Waals surface area contributed by atoms with Gasteiger partial charge < -0.3 is 14.4 Å². The third kappa shape index (κ3) is 2.99. The first-order chi connectivity index (χ1) is 10.2. The van der Waals surface area contributed by atoms with Crippen LogP contribution in [0.3, 0.4) is 0 Å². The molecule has 1 aromatic carbocycles. The molecule has 1 aliphatic rings. The van der Waals surface area contributed by atoms with Crippen LogP contribution in [-0.4, -0.2) is 43.2 Å². The summed E-state index contributed by atoms with van der Waals surface area (Å²) in [6, 6.07) is 5.89. The van der Waals surface area contributed by atoms with Gasteiger partial charge in [-0.15, -0.1) is 0 Å². The summed E-state index contributed by atoms with van der Waals surface area (Å²) in [5.41, 5.74) is 0. The van der Waals surface area contributed by atoms with Gasteiger partial charge in [-0.2, -0.15) is 0 Å². The smallest absolute Gasteiger partial charge is 0.222 e. The standard InChI is InChI=1S/C16H19BrN2O2/c1-19-9-6-11(7-10-19)21-16-15-12(5-8-18-16)14(20-2)4-3-13(15)17/h3-5,8,11H,6-7,9-10H2,1-2H3. The lowest BCUT2D eigenvalue weighted by atomic mass is 10.1. The molecular formula is C16H19BrN2O2. The largest absolute Gasteiger partial charge is 0.496 e. The maximum atomic E-state index is 6.17. The van der Waals surface area contributed by atoms with E-state index < -0.39 is 0 Å². The zero-order chi connectivity index (χ0) is 14.8. The van der Waals surface area contributed by atoms with Crippen LogP contribution in [0, 0.1) is 0 Å². The number of fused-ring (bicyclic) bond motifs is 1. The SMILES string of the molecule is COc1ccc(Br)c2c(OC3CCN(C)CC3)nccc12. The molecule has 4 nitrogen and oxygen atoms in total. The van der Waals surface area contributed by atoms with Crippen LogP contribution in [0.5, 0.6) is 11.6 Å². The molecule has 2 aromatic rings. The molecule has 1 fully saturated rings. The Kier molecular flexibility index (Phi) is 4.31. The number of hydrogen-bond donors (Lipinski definition) is 0. The highest BCUT2D eigenvalue weighted by Crippen LogP contribution is 2.37. The zero-order valence-electron chi connectivity index (χ0n) is 12.3. The van der Waals surface area contributed by atoms with Gasteiger partial charge in [0.15, 0.2) is 0 Å². The minimum absolute atomic E-state index is 0.234. The van der Waals surface area contributed by atoms with Gasteiger partial charge in [0.05, 0.1) is 12.5 Å². The molecule has 0 aliphatic carbocycles. The summed E-state index contributed by atoms with van der Waals surface area (Å²) in [5.74, 6) is 1.52. The second kappa shape index (κ2) is 6.20. The summed E-state index contributed by atoms with van der Waals surface area (Å²) in [7, 11) is 3.83. The Hall–Kier alpha value is -1.33. The van der Waals surface area contributed by atoms with Crippen molar-refractivity contribution in [1.29, 1.82) is 0 Å². The van der Waals surface area contributed by atoms with E-state index >= 15 is 0 Å². The molecule has 0 amide bonds. The van der Waals surface area contributed by atoms with E-state index in [0.29, 0.717) is 5.88 Å². The number of pyridine rings is 1.